The Morgan fingerprint density at radius 3 is 2.68 bits per heavy atom. The summed E-state index contributed by atoms with van der Waals surface area (Å²) in [5.41, 5.74) is 1.40. The zero-order valence-electron chi connectivity index (χ0n) is 13.9. The second-order valence-corrected chi connectivity index (χ2v) is 5.56. The van der Waals surface area contributed by atoms with Crippen LogP contribution in [0.15, 0.2) is 57.7 Å². The number of oxazole rings is 1. The Morgan fingerprint density at radius 2 is 1.92 bits per heavy atom. The van der Waals surface area contributed by atoms with Gasteiger partial charge in [0.1, 0.15) is 5.75 Å². The third kappa shape index (κ3) is 3.91. The molecule has 0 aliphatic heterocycles. The van der Waals surface area contributed by atoms with Gasteiger partial charge in [0, 0.05) is 6.54 Å². The highest BCUT2D eigenvalue weighted by atomic mass is 16.5. The van der Waals surface area contributed by atoms with Crippen LogP contribution in [0.4, 0.5) is 0 Å². The second-order valence-electron chi connectivity index (χ2n) is 5.56. The number of nitrogens with zero attached hydrogens (tertiary/aromatic N) is 1. The van der Waals surface area contributed by atoms with Crippen LogP contribution in [0.25, 0.3) is 11.1 Å². The fourth-order valence-corrected chi connectivity index (χ4v) is 2.60. The van der Waals surface area contributed by atoms with Gasteiger partial charge in [0.05, 0.1) is 24.8 Å². The number of aromatic nitrogens is 1. The van der Waals surface area contributed by atoms with Crippen LogP contribution in [0.5, 0.6) is 5.75 Å². The summed E-state index contributed by atoms with van der Waals surface area (Å²) >= 11 is 0. The summed E-state index contributed by atoms with van der Waals surface area (Å²) in [5, 5.41) is 0. The zero-order chi connectivity index (χ0) is 17.6. The van der Waals surface area contributed by atoms with Crippen LogP contribution in [-0.2, 0) is 11.3 Å². The molecule has 25 heavy (non-hydrogen) atoms. The van der Waals surface area contributed by atoms with Crippen molar-refractivity contribution >= 4 is 17.1 Å². The molecule has 0 saturated heterocycles. The van der Waals surface area contributed by atoms with Gasteiger partial charge in [-0.05, 0) is 43.2 Å². The van der Waals surface area contributed by atoms with Crippen molar-refractivity contribution in [2.24, 2.45) is 0 Å². The molecule has 2 aromatic carbocycles. The van der Waals surface area contributed by atoms with E-state index in [0.717, 1.165) is 18.6 Å². The van der Waals surface area contributed by atoms with E-state index in [1.165, 1.54) is 13.2 Å². The van der Waals surface area contributed by atoms with Crippen LogP contribution < -0.4 is 10.5 Å². The molecule has 0 spiro atoms. The third-order valence-corrected chi connectivity index (χ3v) is 3.88. The van der Waals surface area contributed by atoms with E-state index in [-0.39, 0.29) is 0 Å². The highest BCUT2D eigenvalue weighted by Gasteiger charge is 2.12. The molecule has 0 aliphatic carbocycles. The maximum atomic E-state index is 12.0. The van der Waals surface area contributed by atoms with Crippen molar-refractivity contribution in [1.29, 1.82) is 0 Å². The number of esters is 1. The van der Waals surface area contributed by atoms with E-state index in [1.54, 1.807) is 16.7 Å². The van der Waals surface area contributed by atoms with E-state index in [2.05, 4.69) is 4.74 Å². The van der Waals surface area contributed by atoms with Gasteiger partial charge in [-0.2, -0.15) is 0 Å². The van der Waals surface area contributed by atoms with Crippen LogP contribution in [-0.4, -0.2) is 24.3 Å². The lowest BCUT2D eigenvalue weighted by Gasteiger charge is -2.06. The number of ether oxygens (including phenoxy) is 2. The minimum absolute atomic E-state index is 0.354. The molecule has 1 heterocycles. The van der Waals surface area contributed by atoms with Crippen molar-refractivity contribution < 1.29 is 18.7 Å². The molecule has 0 aliphatic rings. The third-order valence-electron chi connectivity index (χ3n) is 3.88. The summed E-state index contributed by atoms with van der Waals surface area (Å²) in [6.07, 6.45) is 1.59. The number of fused-ring (bicyclic) bond motifs is 1. The van der Waals surface area contributed by atoms with Gasteiger partial charge in [-0.25, -0.2) is 9.59 Å². The molecule has 0 atom stereocenters. The summed E-state index contributed by atoms with van der Waals surface area (Å²) in [6, 6.07) is 14.5. The Labute approximate surface area is 144 Å². The molecule has 0 N–H and O–H groups in total. The molecule has 0 amide bonds. The molecule has 0 fully saturated rings. The first-order valence-electron chi connectivity index (χ1n) is 8.08. The first-order valence-corrected chi connectivity index (χ1v) is 8.08. The molecule has 1 aromatic heterocycles. The summed E-state index contributed by atoms with van der Waals surface area (Å²) in [6.45, 7) is 1.11. The number of rotatable bonds is 7. The average Bonchev–Trinajstić information content (AvgIpc) is 2.96. The van der Waals surface area contributed by atoms with E-state index in [0.29, 0.717) is 29.8 Å². The van der Waals surface area contributed by atoms with Crippen LogP contribution >= 0.6 is 0 Å². The van der Waals surface area contributed by atoms with E-state index in [1.807, 2.05) is 30.3 Å². The standard InChI is InChI=1S/C19H19NO5/c1-23-18(21)14-9-10-16-17(13-14)25-19(22)20(16)11-5-6-12-24-15-7-3-2-4-8-15/h2-4,7-10,13H,5-6,11-12H2,1H3. The molecule has 0 saturated carbocycles. The van der Waals surface area contributed by atoms with Gasteiger partial charge in [-0.1, -0.05) is 18.2 Å². The van der Waals surface area contributed by atoms with Gasteiger partial charge in [-0.3, -0.25) is 4.57 Å². The Balaban J connectivity index is 1.60. The first-order chi connectivity index (χ1) is 12.2. The first kappa shape index (κ1) is 16.8. The number of para-hydroxylation sites is 1. The SMILES string of the molecule is COC(=O)c1ccc2c(c1)oc(=O)n2CCCCOc1ccccc1. The number of carbonyl (C=O) groups is 1. The Bertz CT molecular complexity index is 910. The summed E-state index contributed by atoms with van der Waals surface area (Å²) < 4.78 is 17.1. The van der Waals surface area contributed by atoms with E-state index >= 15 is 0 Å². The van der Waals surface area contributed by atoms with Crippen molar-refractivity contribution in [3.63, 3.8) is 0 Å². The quantitative estimate of drug-likeness (QED) is 0.487. The van der Waals surface area contributed by atoms with Crippen molar-refractivity contribution in [3.8, 4) is 5.75 Å². The minimum atomic E-state index is -0.463. The molecule has 0 radical (unpaired) electrons. The lowest BCUT2D eigenvalue weighted by atomic mass is 10.2. The molecule has 6 heteroatoms. The fourth-order valence-electron chi connectivity index (χ4n) is 2.60. The lowest BCUT2D eigenvalue weighted by molar-refractivity contribution is 0.0600. The summed E-state index contributed by atoms with van der Waals surface area (Å²) in [4.78, 5) is 23.6. The van der Waals surface area contributed by atoms with Crippen molar-refractivity contribution in [2.75, 3.05) is 13.7 Å². The van der Waals surface area contributed by atoms with Gasteiger partial charge in [0.2, 0.25) is 0 Å². The molecular weight excluding hydrogens is 322 g/mol. The highest BCUT2D eigenvalue weighted by molar-refractivity contribution is 5.93. The normalized spacial score (nSPS) is 10.8. The predicted molar refractivity (Wildman–Crippen MR) is 93.0 cm³/mol. The number of hydrogen-bond acceptors (Lipinski definition) is 5. The Kier molecular flexibility index (Phi) is 5.18. The Hall–Kier alpha value is -3.02. The van der Waals surface area contributed by atoms with Gasteiger partial charge >= 0.3 is 11.7 Å². The fraction of sp³-hybridized carbons (Fsp3) is 0.263. The molecule has 3 aromatic rings. The maximum Gasteiger partial charge on any atom is 0.419 e. The van der Waals surface area contributed by atoms with Gasteiger partial charge < -0.3 is 13.9 Å². The molecule has 130 valence electrons. The molecule has 6 nitrogen and oxygen atoms in total. The topological polar surface area (TPSA) is 70.7 Å². The van der Waals surface area contributed by atoms with Crippen molar-refractivity contribution in [2.45, 2.75) is 19.4 Å². The zero-order valence-corrected chi connectivity index (χ0v) is 13.9. The molecule has 3 rings (SSSR count). The van der Waals surface area contributed by atoms with Crippen LogP contribution in [0.1, 0.15) is 23.2 Å². The minimum Gasteiger partial charge on any atom is -0.494 e. The van der Waals surface area contributed by atoms with Crippen LogP contribution in [0, 0.1) is 0 Å². The number of hydrogen-bond donors (Lipinski definition) is 0. The van der Waals surface area contributed by atoms with E-state index < -0.39 is 11.7 Å². The lowest BCUT2D eigenvalue weighted by Crippen LogP contribution is -2.14. The van der Waals surface area contributed by atoms with Crippen LogP contribution in [0.3, 0.4) is 0 Å². The Morgan fingerprint density at radius 1 is 1.12 bits per heavy atom. The molecule has 0 unspecified atom stereocenters. The van der Waals surface area contributed by atoms with E-state index in [4.69, 9.17) is 9.15 Å². The maximum absolute atomic E-state index is 12.0. The number of carbonyl (C=O) groups excluding carboxylic acids is 1. The average molecular weight is 341 g/mol. The molecule has 0 bridgehead atoms. The predicted octanol–water partition coefficient (Wildman–Crippen LogP) is 3.24. The van der Waals surface area contributed by atoms with Crippen LogP contribution in [0.2, 0.25) is 0 Å². The summed E-state index contributed by atoms with van der Waals surface area (Å²) in [7, 11) is 1.31. The van der Waals surface area contributed by atoms with Crippen molar-refractivity contribution in [1.82, 2.24) is 4.57 Å². The molecular formula is C19H19NO5. The van der Waals surface area contributed by atoms with Gasteiger partial charge in [0.15, 0.2) is 5.58 Å². The van der Waals surface area contributed by atoms with Gasteiger partial charge in [0.25, 0.3) is 0 Å². The highest BCUT2D eigenvalue weighted by Crippen LogP contribution is 2.16. The number of methoxy groups -OCH3 is 1. The largest absolute Gasteiger partial charge is 0.494 e. The second kappa shape index (κ2) is 7.70. The summed E-state index contributed by atoms with van der Waals surface area (Å²) in [5.74, 6) is -0.0554. The number of benzene rings is 2. The monoisotopic (exact) mass is 341 g/mol. The number of unbranched alkanes of at least 4 members (excludes halogenated alkanes) is 1. The number of aryl methyl sites for hydroxylation is 1. The van der Waals surface area contributed by atoms with E-state index in [9.17, 15) is 9.59 Å². The van der Waals surface area contributed by atoms with Crippen molar-refractivity contribution in [3.05, 3.63) is 64.6 Å². The smallest absolute Gasteiger partial charge is 0.419 e. The van der Waals surface area contributed by atoms with Gasteiger partial charge in [-0.15, -0.1) is 0 Å².